The predicted octanol–water partition coefficient (Wildman–Crippen LogP) is 0.374. The van der Waals surface area contributed by atoms with Gasteiger partial charge in [0, 0.05) is 32.7 Å². The minimum Gasteiger partial charge on any atom is -0.462 e. The van der Waals surface area contributed by atoms with Gasteiger partial charge in [0.2, 0.25) is 0 Å². The van der Waals surface area contributed by atoms with Gasteiger partial charge in [-0.25, -0.2) is 4.79 Å². The number of hydrogen-bond acceptors (Lipinski definition) is 3. The summed E-state index contributed by atoms with van der Waals surface area (Å²) in [6, 6.07) is 0. The van der Waals surface area contributed by atoms with Crippen LogP contribution in [0.25, 0.3) is 0 Å². The molecule has 1 fully saturated rings. The summed E-state index contributed by atoms with van der Waals surface area (Å²) < 4.78 is 4.36. The summed E-state index contributed by atoms with van der Waals surface area (Å²) in [7, 11) is 1.22. The molecule has 0 saturated carbocycles. The Kier molecular flexibility index (Phi) is 6.53. The van der Waals surface area contributed by atoms with E-state index in [0.717, 1.165) is 12.8 Å². The van der Waals surface area contributed by atoms with Crippen molar-refractivity contribution in [1.29, 1.82) is 0 Å². The molecule has 0 aromatic carbocycles. The molecule has 1 radical (unpaired) electrons. The summed E-state index contributed by atoms with van der Waals surface area (Å²) in [4.78, 5) is 23.7. The third-order valence-corrected chi connectivity index (χ3v) is 2.26. The van der Waals surface area contributed by atoms with Crippen LogP contribution in [0.4, 0.5) is 0 Å². The Balaban J connectivity index is 0.00000169. The second kappa shape index (κ2) is 6.51. The Morgan fingerprint density at radius 1 is 1.29 bits per heavy atom. The summed E-state index contributed by atoms with van der Waals surface area (Å²) >= 11 is 0. The molecule has 1 aliphatic rings. The maximum Gasteiger partial charge on any atom is 0.396 e. The third-order valence-electron chi connectivity index (χ3n) is 2.26. The molecule has 5 heteroatoms. The Bertz CT molecular complexity index is 212. The van der Waals surface area contributed by atoms with E-state index >= 15 is 0 Å². The van der Waals surface area contributed by atoms with Crippen molar-refractivity contribution in [2.45, 2.75) is 19.8 Å². The number of carbonyl (C=O) groups is 2. The number of piperidine rings is 1. The number of carbonyl (C=O) groups excluding carboxylic acids is 2. The normalized spacial score (nSPS) is 17.1. The topological polar surface area (TPSA) is 46.6 Å². The van der Waals surface area contributed by atoms with E-state index in [2.05, 4.69) is 11.7 Å². The van der Waals surface area contributed by atoms with E-state index < -0.39 is 11.9 Å². The van der Waals surface area contributed by atoms with E-state index in [-0.39, 0.29) is 32.7 Å². The first-order valence-corrected chi connectivity index (χ1v) is 4.33. The zero-order valence-corrected chi connectivity index (χ0v) is 11.4. The van der Waals surface area contributed by atoms with E-state index in [4.69, 9.17) is 0 Å². The van der Waals surface area contributed by atoms with Crippen LogP contribution in [-0.2, 0) is 47.0 Å². The Hall–Kier alpha value is 0.0439. The van der Waals surface area contributed by atoms with Crippen LogP contribution >= 0.6 is 0 Å². The van der Waals surface area contributed by atoms with Crippen LogP contribution < -0.4 is 0 Å². The van der Waals surface area contributed by atoms with Crippen LogP contribution in [-0.4, -0.2) is 37.0 Å². The number of methoxy groups -OCH3 is 1. The first-order valence-electron chi connectivity index (χ1n) is 4.33. The molecule has 0 spiro atoms. The molecule has 0 aromatic heterocycles. The number of rotatable bonds is 0. The van der Waals surface area contributed by atoms with Crippen molar-refractivity contribution in [3.05, 3.63) is 5.92 Å². The predicted molar refractivity (Wildman–Crippen MR) is 46.7 cm³/mol. The average molecular weight is 273 g/mol. The minimum atomic E-state index is -0.764. The molecular weight excluding hydrogens is 259 g/mol. The Labute approximate surface area is 109 Å². The minimum absolute atomic E-state index is 0. The summed E-state index contributed by atoms with van der Waals surface area (Å²) in [6.07, 6.45) is 1.78. The number of amides is 1. The van der Waals surface area contributed by atoms with Crippen molar-refractivity contribution in [2.24, 2.45) is 0 Å². The van der Waals surface area contributed by atoms with Crippen LogP contribution in [0.15, 0.2) is 0 Å². The fourth-order valence-corrected chi connectivity index (χ4v) is 1.31. The van der Waals surface area contributed by atoms with Crippen LogP contribution in [0.1, 0.15) is 19.8 Å². The van der Waals surface area contributed by atoms with Crippen molar-refractivity contribution in [3.8, 4) is 0 Å². The van der Waals surface area contributed by atoms with Gasteiger partial charge in [-0.05, 0) is 13.1 Å². The van der Waals surface area contributed by atoms with Crippen LogP contribution in [0.5, 0.6) is 0 Å². The summed E-state index contributed by atoms with van der Waals surface area (Å²) in [5.74, 6) is 0.100. The zero-order chi connectivity index (χ0) is 9.84. The van der Waals surface area contributed by atoms with Gasteiger partial charge >= 0.3 is 11.9 Å². The fourth-order valence-electron chi connectivity index (χ4n) is 1.31. The first-order chi connectivity index (χ1) is 6.15. The van der Waals surface area contributed by atoms with E-state index in [1.54, 1.807) is 4.90 Å². The summed E-state index contributed by atoms with van der Waals surface area (Å²) in [5.41, 5.74) is 0. The monoisotopic (exact) mass is 273 g/mol. The molecule has 1 amide bonds. The molecule has 1 saturated heterocycles. The van der Waals surface area contributed by atoms with Crippen molar-refractivity contribution < 1.29 is 47.0 Å². The van der Waals surface area contributed by atoms with Crippen molar-refractivity contribution in [1.82, 2.24) is 4.90 Å². The molecule has 0 N–H and O–H groups in total. The van der Waals surface area contributed by atoms with Crippen LogP contribution in [0.2, 0.25) is 0 Å². The van der Waals surface area contributed by atoms with Crippen molar-refractivity contribution in [3.63, 3.8) is 0 Å². The van der Waals surface area contributed by atoms with Gasteiger partial charge in [-0.1, -0.05) is 0 Å². The van der Waals surface area contributed by atoms with Crippen molar-refractivity contribution in [2.75, 3.05) is 20.2 Å². The van der Waals surface area contributed by atoms with Gasteiger partial charge in [0.05, 0.1) is 7.11 Å². The maximum absolute atomic E-state index is 11.3. The molecule has 0 aromatic rings. The standard InChI is InChI=1S/C9H14NO3.Y/c1-7-3-5-10(6-4-7)8(11)9(12)13-2;/h3-6H2,1-2H3;/q-1;. The van der Waals surface area contributed by atoms with E-state index in [1.165, 1.54) is 13.0 Å². The maximum atomic E-state index is 11.3. The molecule has 0 aliphatic carbocycles. The summed E-state index contributed by atoms with van der Waals surface area (Å²) in [5, 5.41) is 0. The molecular formula is C9H14NO3Y-. The average Bonchev–Trinajstić information content (AvgIpc) is 2.17. The van der Waals surface area contributed by atoms with E-state index in [9.17, 15) is 9.59 Å². The van der Waals surface area contributed by atoms with Crippen LogP contribution in [0, 0.1) is 5.92 Å². The number of ether oxygens (including phenoxy) is 1. The largest absolute Gasteiger partial charge is 0.462 e. The van der Waals surface area contributed by atoms with Gasteiger partial charge in [0.1, 0.15) is 0 Å². The van der Waals surface area contributed by atoms with Crippen LogP contribution in [0.3, 0.4) is 0 Å². The fraction of sp³-hybridized carbons (Fsp3) is 0.667. The molecule has 77 valence electrons. The van der Waals surface area contributed by atoms with Gasteiger partial charge in [-0.15, -0.1) is 0 Å². The Morgan fingerprint density at radius 3 is 2.21 bits per heavy atom. The third kappa shape index (κ3) is 3.66. The summed E-state index contributed by atoms with van der Waals surface area (Å²) in [6.45, 7) is 3.35. The SMILES string of the molecule is COC(=O)C(=O)N1CC[C-](C)CC1.[Y]. The van der Waals surface area contributed by atoms with Gasteiger partial charge in [0.15, 0.2) is 0 Å². The van der Waals surface area contributed by atoms with E-state index in [0.29, 0.717) is 13.1 Å². The van der Waals surface area contributed by atoms with Gasteiger partial charge < -0.3 is 15.6 Å². The Morgan fingerprint density at radius 2 is 1.79 bits per heavy atom. The number of nitrogens with zero attached hydrogens (tertiary/aromatic N) is 1. The molecule has 4 nitrogen and oxygen atoms in total. The second-order valence-electron chi connectivity index (χ2n) is 3.24. The molecule has 14 heavy (non-hydrogen) atoms. The smallest absolute Gasteiger partial charge is 0.396 e. The number of hydrogen-bond donors (Lipinski definition) is 0. The molecule has 1 heterocycles. The van der Waals surface area contributed by atoms with Gasteiger partial charge in [-0.3, -0.25) is 4.79 Å². The zero-order valence-electron chi connectivity index (χ0n) is 8.58. The number of likely N-dealkylation sites (tertiary alicyclic amines) is 1. The van der Waals surface area contributed by atoms with Gasteiger partial charge in [0.25, 0.3) is 0 Å². The van der Waals surface area contributed by atoms with Gasteiger partial charge in [-0.2, -0.15) is 19.8 Å². The molecule has 0 atom stereocenters. The molecule has 0 unspecified atom stereocenters. The second-order valence-corrected chi connectivity index (χ2v) is 3.24. The molecule has 1 rings (SSSR count). The first kappa shape index (κ1) is 14.0. The quantitative estimate of drug-likeness (QED) is 0.364. The molecule has 1 aliphatic heterocycles. The molecule has 0 bridgehead atoms. The number of esters is 1. The van der Waals surface area contributed by atoms with E-state index in [1.807, 2.05) is 0 Å². The van der Waals surface area contributed by atoms with Crippen molar-refractivity contribution >= 4 is 11.9 Å².